The first-order valence-corrected chi connectivity index (χ1v) is 5.10. The molecule has 0 fully saturated rings. The predicted molar refractivity (Wildman–Crippen MR) is 62.3 cm³/mol. The summed E-state index contributed by atoms with van der Waals surface area (Å²) in [5, 5.41) is 14.2. The van der Waals surface area contributed by atoms with E-state index in [4.69, 9.17) is 10.9 Å². The van der Waals surface area contributed by atoms with Crippen LogP contribution in [0.1, 0.15) is 18.4 Å². The van der Waals surface area contributed by atoms with Gasteiger partial charge in [-0.1, -0.05) is 17.3 Å². The molecule has 1 aromatic carbocycles. The third kappa shape index (κ3) is 3.42. The highest BCUT2D eigenvalue weighted by Crippen LogP contribution is 2.18. The highest BCUT2D eigenvalue weighted by molar-refractivity contribution is 5.79. The molecule has 0 amide bonds. The maximum absolute atomic E-state index is 13.4. The van der Waals surface area contributed by atoms with Crippen molar-refractivity contribution in [3.63, 3.8) is 0 Å². The zero-order chi connectivity index (χ0) is 12.0. The fourth-order valence-corrected chi connectivity index (χ4v) is 1.39. The van der Waals surface area contributed by atoms with Gasteiger partial charge in [-0.25, -0.2) is 4.39 Å². The van der Waals surface area contributed by atoms with Gasteiger partial charge < -0.3 is 16.3 Å². The molecule has 0 bridgehead atoms. The van der Waals surface area contributed by atoms with Crippen molar-refractivity contribution in [3.05, 3.63) is 29.6 Å². The number of anilines is 1. The molecule has 0 aliphatic heterocycles. The first-order chi connectivity index (χ1) is 7.65. The normalized spacial score (nSPS) is 11.5. The number of hydrogen-bond acceptors (Lipinski definition) is 3. The Balaban J connectivity index is 2.43. The molecule has 0 saturated carbocycles. The van der Waals surface area contributed by atoms with Crippen LogP contribution in [0, 0.1) is 12.7 Å². The first kappa shape index (κ1) is 12.3. The van der Waals surface area contributed by atoms with Crippen molar-refractivity contribution in [3.8, 4) is 0 Å². The van der Waals surface area contributed by atoms with E-state index in [1.165, 1.54) is 6.07 Å². The van der Waals surface area contributed by atoms with Crippen LogP contribution in [0.15, 0.2) is 23.4 Å². The Morgan fingerprint density at radius 1 is 1.56 bits per heavy atom. The van der Waals surface area contributed by atoms with E-state index >= 15 is 0 Å². The van der Waals surface area contributed by atoms with Crippen LogP contribution in [-0.2, 0) is 0 Å². The number of halogens is 1. The highest BCUT2D eigenvalue weighted by Gasteiger charge is 2.03. The first-order valence-electron chi connectivity index (χ1n) is 5.10. The maximum Gasteiger partial charge on any atom is 0.146 e. The second-order valence-corrected chi connectivity index (χ2v) is 3.55. The van der Waals surface area contributed by atoms with Crippen molar-refractivity contribution in [1.29, 1.82) is 0 Å². The van der Waals surface area contributed by atoms with Gasteiger partial charge in [-0.3, -0.25) is 0 Å². The standard InChI is InChI=1S/C11H16FN3O/c1-8-4-2-5-9(12)11(8)14-7-3-6-10(13)15-16/h2,4-5,14,16H,3,6-7H2,1H3,(H2,13,15). The third-order valence-electron chi connectivity index (χ3n) is 2.26. The Hall–Kier alpha value is -1.78. The van der Waals surface area contributed by atoms with Crippen molar-refractivity contribution in [2.75, 3.05) is 11.9 Å². The van der Waals surface area contributed by atoms with Crippen LogP contribution >= 0.6 is 0 Å². The smallest absolute Gasteiger partial charge is 0.146 e. The summed E-state index contributed by atoms with van der Waals surface area (Å²) in [6.45, 7) is 2.42. The molecule has 1 rings (SSSR count). The summed E-state index contributed by atoms with van der Waals surface area (Å²) in [7, 11) is 0. The minimum Gasteiger partial charge on any atom is -0.409 e. The second-order valence-electron chi connectivity index (χ2n) is 3.55. The van der Waals surface area contributed by atoms with Gasteiger partial charge >= 0.3 is 0 Å². The topological polar surface area (TPSA) is 70.6 Å². The molecular weight excluding hydrogens is 209 g/mol. The van der Waals surface area contributed by atoms with E-state index in [1.54, 1.807) is 6.07 Å². The minimum absolute atomic E-state index is 0.187. The van der Waals surface area contributed by atoms with E-state index in [9.17, 15) is 4.39 Å². The lowest BCUT2D eigenvalue weighted by molar-refractivity contribution is 0.316. The van der Waals surface area contributed by atoms with Crippen LogP contribution in [0.2, 0.25) is 0 Å². The third-order valence-corrected chi connectivity index (χ3v) is 2.26. The Bertz CT molecular complexity index is 359. The number of nitrogens with two attached hydrogens (primary N) is 1. The van der Waals surface area contributed by atoms with Gasteiger partial charge in [0, 0.05) is 13.0 Å². The summed E-state index contributed by atoms with van der Waals surface area (Å²) in [5.41, 5.74) is 6.69. The van der Waals surface area contributed by atoms with E-state index < -0.39 is 0 Å². The average Bonchev–Trinajstić information content (AvgIpc) is 2.27. The summed E-state index contributed by atoms with van der Waals surface area (Å²) in [6.07, 6.45) is 1.17. The number of hydrogen-bond donors (Lipinski definition) is 3. The summed E-state index contributed by atoms with van der Waals surface area (Å²) < 4.78 is 13.4. The van der Waals surface area contributed by atoms with Gasteiger partial charge in [0.1, 0.15) is 11.7 Å². The molecule has 0 heterocycles. The van der Waals surface area contributed by atoms with E-state index in [0.717, 1.165) is 5.56 Å². The van der Waals surface area contributed by atoms with Crippen molar-refractivity contribution in [2.24, 2.45) is 10.9 Å². The molecule has 0 aliphatic rings. The van der Waals surface area contributed by atoms with Crippen LogP contribution < -0.4 is 11.1 Å². The molecule has 1 aromatic rings. The Morgan fingerprint density at radius 2 is 2.31 bits per heavy atom. The predicted octanol–water partition coefficient (Wildman–Crippen LogP) is 2.07. The van der Waals surface area contributed by atoms with E-state index in [0.29, 0.717) is 25.1 Å². The molecule has 0 aliphatic carbocycles. The lowest BCUT2D eigenvalue weighted by atomic mass is 10.2. The maximum atomic E-state index is 13.4. The van der Waals surface area contributed by atoms with E-state index in [2.05, 4.69) is 10.5 Å². The van der Waals surface area contributed by atoms with Gasteiger partial charge in [0.25, 0.3) is 0 Å². The SMILES string of the molecule is Cc1cccc(F)c1NCCC/C(N)=N/O. The number of nitrogens with zero attached hydrogens (tertiary/aromatic N) is 1. The number of nitrogens with one attached hydrogen (secondary N) is 1. The number of rotatable bonds is 5. The summed E-state index contributed by atoms with van der Waals surface area (Å²) >= 11 is 0. The van der Waals surface area contributed by atoms with Gasteiger partial charge in [0.2, 0.25) is 0 Å². The molecule has 0 spiro atoms. The lowest BCUT2D eigenvalue weighted by Crippen LogP contribution is -2.14. The Kier molecular flexibility index (Phi) is 4.57. The second kappa shape index (κ2) is 5.95. The van der Waals surface area contributed by atoms with Gasteiger partial charge in [0.15, 0.2) is 0 Å². The number of para-hydroxylation sites is 1. The highest BCUT2D eigenvalue weighted by atomic mass is 19.1. The average molecular weight is 225 g/mol. The van der Waals surface area contributed by atoms with E-state index in [-0.39, 0.29) is 11.7 Å². The van der Waals surface area contributed by atoms with Crippen molar-refractivity contribution >= 4 is 11.5 Å². The van der Waals surface area contributed by atoms with Gasteiger partial charge in [-0.05, 0) is 25.0 Å². The van der Waals surface area contributed by atoms with Crippen molar-refractivity contribution in [2.45, 2.75) is 19.8 Å². The lowest BCUT2D eigenvalue weighted by Gasteiger charge is -2.09. The molecule has 0 radical (unpaired) electrons. The summed E-state index contributed by atoms with van der Waals surface area (Å²) in [4.78, 5) is 0. The number of benzene rings is 1. The molecular formula is C11H16FN3O. The van der Waals surface area contributed by atoms with Crippen LogP contribution in [-0.4, -0.2) is 17.6 Å². The number of amidine groups is 1. The molecule has 4 N–H and O–H groups in total. The van der Waals surface area contributed by atoms with Crippen molar-refractivity contribution in [1.82, 2.24) is 0 Å². The molecule has 16 heavy (non-hydrogen) atoms. The molecule has 0 atom stereocenters. The van der Waals surface area contributed by atoms with E-state index in [1.807, 2.05) is 13.0 Å². The molecule has 0 aromatic heterocycles. The molecule has 0 unspecified atom stereocenters. The summed E-state index contributed by atoms with van der Waals surface area (Å²) in [5.74, 6) is -0.0733. The van der Waals surface area contributed by atoms with Crippen LogP contribution in [0.3, 0.4) is 0 Å². The Morgan fingerprint density at radius 3 is 2.94 bits per heavy atom. The Labute approximate surface area is 94.0 Å². The molecule has 0 saturated heterocycles. The van der Waals surface area contributed by atoms with Crippen molar-refractivity contribution < 1.29 is 9.60 Å². The molecule has 88 valence electrons. The number of oxime groups is 1. The van der Waals surface area contributed by atoms with Crippen LogP contribution in [0.4, 0.5) is 10.1 Å². The summed E-state index contributed by atoms with van der Waals surface area (Å²) in [6, 6.07) is 4.93. The largest absolute Gasteiger partial charge is 0.409 e. The fourth-order valence-electron chi connectivity index (χ4n) is 1.39. The molecule has 4 nitrogen and oxygen atoms in total. The monoisotopic (exact) mass is 225 g/mol. The quantitative estimate of drug-likeness (QED) is 0.236. The van der Waals surface area contributed by atoms with Gasteiger partial charge in [-0.2, -0.15) is 0 Å². The fraction of sp³-hybridized carbons (Fsp3) is 0.364. The minimum atomic E-state index is -0.260. The molecule has 5 heteroatoms. The van der Waals surface area contributed by atoms with Crippen LogP contribution in [0.5, 0.6) is 0 Å². The van der Waals surface area contributed by atoms with Crippen LogP contribution in [0.25, 0.3) is 0 Å². The zero-order valence-corrected chi connectivity index (χ0v) is 9.20. The van der Waals surface area contributed by atoms with Gasteiger partial charge in [-0.15, -0.1) is 0 Å². The van der Waals surface area contributed by atoms with Gasteiger partial charge in [0.05, 0.1) is 5.69 Å². The number of aryl methyl sites for hydroxylation is 1. The zero-order valence-electron chi connectivity index (χ0n) is 9.20.